The zero-order valence-corrected chi connectivity index (χ0v) is 9.23. The van der Waals surface area contributed by atoms with Gasteiger partial charge in [0.2, 0.25) is 0 Å². The number of carbonyl (C=O) groups excluding carboxylic acids is 1. The molecule has 0 bridgehead atoms. The molecule has 2 aliphatic carbocycles. The summed E-state index contributed by atoms with van der Waals surface area (Å²) in [5.41, 5.74) is 1.00. The third-order valence-electron chi connectivity index (χ3n) is 3.47. The van der Waals surface area contributed by atoms with E-state index in [1.165, 1.54) is 0 Å². The van der Waals surface area contributed by atoms with Crippen LogP contribution in [0.4, 0.5) is 0 Å². The van der Waals surface area contributed by atoms with Crippen LogP contribution in [0.25, 0.3) is 0 Å². The van der Waals surface area contributed by atoms with Crippen molar-refractivity contribution in [2.24, 2.45) is 5.41 Å². The van der Waals surface area contributed by atoms with Gasteiger partial charge in [-0.15, -0.1) is 0 Å². The molecule has 0 spiro atoms. The summed E-state index contributed by atoms with van der Waals surface area (Å²) < 4.78 is 0.734. The minimum atomic E-state index is -0.261. The Hall–Kier alpha value is -0.150. The fourth-order valence-corrected chi connectivity index (χ4v) is 3.26. The van der Waals surface area contributed by atoms with Crippen molar-refractivity contribution < 1.29 is 9.90 Å². The van der Waals surface area contributed by atoms with E-state index in [4.69, 9.17) is 0 Å². The van der Waals surface area contributed by atoms with Crippen molar-refractivity contribution in [3.63, 3.8) is 0 Å². The van der Waals surface area contributed by atoms with Crippen molar-refractivity contribution >= 4 is 21.7 Å². The first kappa shape index (κ1) is 9.41. The lowest BCUT2D eigenvalue weighted by atomic mass is 9.74. The van der Waals surface area contributed by atoms with Crippen LogP contribution in [-0.2, 0) is 4.79 Å². The first-order chi connectivity index (χ1) is 6.05. The maximum Gasteiger partial charge on any atom is 0.169 e. The van der Waals surface area contributed by atoms with Gasteiger partial charge < -0.3 is 5.11 Å². The Labute approximate surface area is 86.1 Å². The maximum atomic E-state index is 11.4. The smallest absolute Gasteiger partial charge is 0.169 e. The topological polar surface area (TPSA) is 37.3 Å². The molecule has 2 atom stereocenters. The van der Waals surface area contributed by atoms with Gasteiger partial charge in [-0.25, -0.2) is 0 Å². The van der Waals surface area contributed by atoms with Gasteiger partial charge in [0.15, 0.2) is 5.78 Å². The highest BCUT2D eigenvalue weighted by Crippen LogP contribution is 2.51. The minimum Gasteiger partial charge on any atom is -0.392 e. The summed E-state index contributed by atoms with van der Waals surface area (Å²) in [6.45, 7) is 2.06. The predicted molar refractivity (Wildman–Crippen MR) is 53.5 cm³/mol. The highest BCUT2D eigenvalue weighted by Gasteiger charge is 2.46. The molecular formula is C10H13BrO2. The summed E-state index contributed by atoms with van der Waals surface area (Å²) in [4.78, 5) is 11.4. The van der Waals surface area contributed by atoms with Crippen LogP contribution in [0.5, 0.6) is 0 Å². The number of allylic oxidation sites excluding steroid dienone is 1. The molecule has 0 aromatic carbocycles. The van der Waals surface area contributed by atoms with Gasteiger partial charge >= 0.3 is 0 Å². The van der Waals surface area contributed by atoms with Gasteiger partial charge in [-0.05, 0) is 40.8 Å². The van der Waals surface area contributed by atoms with Crippen LogP contribution in [0.3, 0.4) is 0 Å². The van der Waals surface area contributed by atoms with E-state index in [0.717, 1.165) is 29.3 Å². The standard InChI is InChI=1S/C10H13BrO2/c1-10-5-4-7(12)9(11)6(10)2-3-8(10)13/h8,13H,2-5H2,1H3/t8-,10-/m0/s1. The van der Waals surface area contributed by atoms with Crippen molar-refractivity contribution in [1.29, 1.82) is 0 Å². The molecule has 0 amide bonds. The normalized spacial score (nSPS) is 39.6. The Balaban J connectivity index is 2.48. The van der Waals surface area contributed by atoms with Crippen molar-refractivity contribution in [2.45, 2.75) is 38.7 Å². The Morgan fingerprint density at radius 3 is 2.92 bits per heavy atom. The molecule has 0 saturated heterocycles. The molecule has 1 saturated carbocycles. The van der Waals surface area contributed by atoms with E-state index in [0.29, 0.717) is 6.42 Å². The van der Waals surface area contributed by atoms with Gasteiger partial charge in [0.1, 0.15) is 0 Å². The van der Waals surface area contributed by atoms with Gasteiger partial charge in [0, 0.05) is 11.8 Å². The molecule has 2 nitrogen and oxygen atoms in total. The van der Waals surface area contributed by atoms with Crippen LogP contribution < -0.4 is 0 Å². The number of rotatable bonds is 0. The summed E-state index contributed by atoms with van der Waals surface area (Å²) in [7, 11) is 0. The van der Waals surface area contributed by atoms with E-state index in [1.54, 1.807) is 0 Å². The lowest BCUT2D eigenvalue weighted by Gasteiger charge is -2.33. The zero-order valence-electron chi connectivity index (χ0n) is 7.64. The summed E-state index contributed by atoms with van der Waals surface area (Å²) >= 11 is 3.34. The summed E-state index contributed by atoms with van der Waals surface area (Å²) in [5.74, 6) is 0.196. The van der Waals surface area contributed by atoms with Crippen LogP contribution in [0.15, 0.2) is 10.1 Å². The number of aliphatic hydroxyl groups excluding tert-OH is 1. The second kappa shape index (κ2) is 2.92. The number of carbonyl (C=O) groups is 1. The number of hydrogen-bond acceptors (Lipinski definition) is 2. The lowest BCUT2D eigenvalue weighted by Crippen LogP contribution is -2.32. The molecule has 72 valence electrons. The molecule has 0 aromatic rings. The summed E-state index contributed by atoms with van der Waals surface area (Å²) in [6, 6.07) is 0. The Morgan fingerprint density at radius 2 is 2.23 bits per heavy atom. The maximum absolute atomic E-state index is 11.4. The molecule has 0 aliphatic heterocycles. The molecule has 2 rings (SSSR count). The average molecular weight is 245 g/mol. The predicted octanol–water partition coefficient (Wildman–Crippen LogP) is 2.16. The number of fused-ring (bicyclic) bond motifs is 1. The van der Waals surface area contributed by atoms with Gasteiger partial charge in [-0.3, -0.25) is 4.79 Å². The molecule has 3 heteroatoms. The Morgan fingerprint density at radius 1 is 1.54 bits per heavy atom. The number of halogens is 1. The quantitative estimate of drug-likeness (QED) is 0.710. The third kappa shape index (κ3) is 1.21. The first-order valence-corrected chi connectivity index (χ1v) is 5.45. The molecule has 13 heavy (non-hydrogen) atoms. The lowest BCUT2D eigenvalue weighted by molar-refractivity contribution is -0.116. The van der Waals surface area contributed by atoms with Gasteiger partial charge in [-0.2, -0.15) is 0 Å². The minimum absolute atomic E-state index is 0.132. The number of aliphatic hydroxyl groups is 1. The molecule has 2 aliphatic rings. The summed E-state index contributed by atoms with van der Waals surface area (Å²) in [5, 5.41) is 9.82. The largest absolute Gasteiger partial charge is 0.392 e. The number of ketones is 1. The highest BCUT2D eigenvalue weighted by atomic mass is 79.9. The van der Waals surface area contributed by atoms with E-state index in [-0.39, 0.29) is 17.3 Å². The number of hydrogen-bond donors (Lipinski definition) is 1. The van der Waals surface area contributed by atoms with Gasteiger partial charge in [0.25, 0.3) is 0 Å². The molecular weight excluding hydrogens is 232 g/mol. The Kier molecular flexibility index (Phi) is 2.11. The van der Waals surface area contributed by atoms with E-state index in [1.807, 2.05) is 0 Å². The van der Waals surface area contributed by atoms with Gasteiger partial charge in [-0.1, -0.05) is 6.92 Å². The SMILES string of the molecule is C[C@]12CCC(=O)C(Br)=C1CC[C@@H]2O. The van der Waals surface area contributed by atoms with Crippen LogP contribution in [-0.4, -0.2) is 17.0 Å². The fourth-order valence-electron chi connectivity index (χ4n) is 2.42. The van der Waals surface area contributed by atoms with E-state index >= 15 is 0 Å². The zero-order chi connectivity index (χ0) is 9.64. The molecule has 1 N–H and O–H groups in total. The molecule has 0 aromatic heterocycles. The summed E-state index contributed by atoms with van der Waals surface area (Å²) in [6.07, 6.45) is 2.77. The van der Waals surface area contributed by atoms with E-state index in [2.05, 4.69) is 22.9 Å². The van der Waals surface area contributed by atoms with Crippen molar-refractivity contribution in [1.82, 2.24) is 0 Å². The van der Waals surface area contributed by atoms with Gasteiger partial charge in [0.05, 0.1) is 10.6 Å². The van der Waals surface area contributed by atoms with Crippen LogP contribution in [0, 0.1) is 5.41 Å². The molecule has 0 radical (unpaired) electrons. The van der Waals surface area contributed by atoms with Crippen LogP contribution in [0.1, 0.15) is 32.6 Å². The first-order valence-electron chi connectivity index (χ1n) is 4.66. The van der Waals surface area contributed by atoms with E-state index in [9.17, 15) is 9.90 Å². The van der Waals surface area contributed by atoms with Crippen LogP contribution >= 0.6 is 15.9 Å². The van der Waals surface area contributed by atoms with E-state index < -0.39 is 0 Å². The fraction of sp³-hybridized carbons (Fsp3) is 0.700. The highest BCUT2D eigenvalue weighted by molar-refractivity contribution is 9.12. The van der Waals surface area contributed by atoms with Crippen molar-refractivity contribution in [3.05, 3.63) is 10.1 Å². The van der Waals surface area contributed by atoms with Crippen molar-refractivity contribution in [2.75, 3.05) is 0 Å². The Bertz CT molecular complexity index is 295. The average Bonchev–Trinajstić information content (AvgIpc) is 2.39. The molecule has 0 heterocycles. The third-order valence-corrected chi connectivity index (χ3v) is 4.39. The monoisotopic (exact) mass is 244 g/mol. The second-order valence-corrected chi connectivity index (χ2v) is 4.98. The molecule has 0 unspecified atom stereocenters. The molecule has 1 fully saturated rings. The number of Topliss-reactive ketones (excluding diaryl/α,β-unsaturated/α-hetero) is 1. The van der Waals surface area contributed by atoms with Crippen LogP contribution in [0.2, 0.25) is 0 Å². The second-order valence-electron chi connectivity index (χ2n) is 4.19. The van der Waals surface area contributed by atoms with Crippen molar-refractivity contribution in [3.8, 4) is 0 Å².